The fourth-order valence-electron chi connectivity index (χ4n) is 1.30. The van der Waals surface area contributed by atoms with Crippen molar-refractivity contribution >= 4 is 0 Å². The highest BCUT2D eigenvalue weighted by molar-refractivity contribution is 5.08. The number of ether oxygens (including phenoxy) is 2. The first kappa shape index (κ1) is 14.1. The number of nitrogens with one attached hydrogen (secondary N) is 1. The van der Waals surface area contributed by atoms with Crippen molar-refractivity contribution in [3.8, 4) is 0 Å². The Morgan fingerprint density at radius 1 is 1.35 bits per heavy atom. The van der Waals surface area contributed by atoms with Gasteiger partial charge in [-0.05, 0) is 17.7 Å². The molecule has 0 radical (unpaired) electrons. The average molecular weight is 240 g/mol. The minimum atomic E-state index is -0.492. The molecule has 0 bridgehead atoms. The standard InChI is InChI=1S/C12H20N2O3/c1-16-6-7-17-10-12(15)9-14-8-11-2-4-13-5-3-11/h2-5,12,14-15H,6-10H2,1H3. The summed E-state index contributed by atoms with van der Waals surface area (Å²) in [4.78, 5) is 3.94. The van der Waals surface area contributed by atoms with Gasteiger partial charge in [0.1, 0.15) is 0 Å². The number of methoxy groups -OCH3 is 1. The van der Waals surface area contributed by atoms with Gasteiger partial charge in [0, 0.05) is 32.6 Å². The van der Waals surface area contributed by atoms with Crippen molar-refractivity contribution in [2.45, 2.75) is 12.6 Å². The first-order valence-corrected chi connectivity index (χ1v) is 5.67. The molecule has 2 N–H and O–H groups in total. The van der Waals surface area contributed by atoms with Gasteiger partial charge in [-0.1, -0.05) is 0 Å². The summed E-state index contributed by atoms with van der Waals surface area (Å²) in [6.07, 6.45) is 3.01. The number of aliphatic hydroxyl groups excluding tert-OH is 1. The zero-order valence-electron chi connectivity index (χ0n) is 10.1. The Hall–Kier alpha value is -1.01. The van der Waals surface area contributed by atoms with Crippen molar-refractivity contribution in [1.29, 1.82) is 0 Å². The van der Waals surface area contributed by atoms with Gasteiger partial charge in [-0.15, -0.1) is 0 Å². The van der Waals surface area contributed by atoms with Gasteiger partial charge in [0.2, 0.25) is 0 Å². The second kappa shape index (κ2) is 9.07. The van der Waals surface area contributed by atoms with E-state index < -0.39 is 6.10 Å². The molecule has 0 aliphatic carbocycles. The number of rotatable bonds is 9. The van der Waals surface area contributed by atoms with E-state index in [-0.39, 0.29) is 0 Å². The maximum Gasteiger partial charge on any atom is 0.0897 e. The molecular formula is C12H20N2O3. The van der Waals surface area contributed by atoms with Crippen molar-refractivity contribution in [3.05, 3.63) is 30.1 Å². The van der Waals surface area contributed by atoms with E-state index in [1.165, 1.54) is 0 Å². The van der Waals surface area contributed by atoms with Crippen LogP contribution in [0.5, 0.6) is 0 Å². The monoisotopic (exact) mass is 240 g/mol. The van der Waals surface area contributed by atoms with Crippen LogP contribution in [-0.2, 0) is 16.0 Å². The number of hydrogen-bond acceptors (Lipinski definition) is 5. The Morgan fingerprint density at radius 3 is 2.82 bits per heavy atom. The predicted octanol–water partition coefficient (Wildman–Crippen LogP) is 0.195. The summed E-state index contributed by atoms with van der Waals surface area (Å²) in [6, 6.07) is 3.88. The quantitative estimate of drug-likeness (QED) is 0.604. The molecule has 0 aliphatic heterocycles. The molecule has 0 saturated carbocycles. The van der Waals surface area contributed by atoms with Crippen molar-refractivity contribution < 1.29 is 14.6 Å². The van der Waals surface area contributed by atoms with Crippen LogP contribution < -0.4 is 5.32 Å². The number of pyridine rings is 1. The Labute approximate surface area is 102 Å². The molecule has 0 fully saturated rings. The molecule has 96 valence electrons. The third-order valence-electron chi connectivity index (χ3n) is 2.20. The number of hydrogen-bond donors (Lipinski definition) is 2. The smallest absolute Gasteiger partial charge is 0.0897 e. The lowest BCUT2D eigenvalue weighted by Crippen LogP contribution is -2.30. The highest BCUT2D eigenvalue weighted by Gasteiger charge is 2.03. The zero-order chi connectivity index (χ0) is 12.3. The maximum absolute atomic E-state index is 9.59. The molecule has 0 saturated heterocycles. The van der Waals surface area contributed by atoms with Crippen LogP contribution in [0.2, 0.25) is 0 Å². The molecule has 0 aromatic carbocycles. The molecule has 1 aromatic heterocycles. The Kier molecular flexibility index (Phi) is 7.49. The largest absolute Gasteiger partial charge is 0.389 e. The van der Waals surface area contributed by atoms with Crippen LogP contribution in [-0.4, -0.2) is 49.7 Å². The van der Waals surface area contributed by atoms with Crippen LogP contribution in [0.15, 0.2) is 24.5 Å². The lowest BCUT2D eigenvalue weighted by atomic mass is 10.2. The van der Waals surface area contributed by atoms with Crippen molar-refractivity contribution in [3.63, 3.8) is 0 Å². The second-order valence-corrected chi connectivity index (χ2v) is 3.71. The molecule has 1 rings (SSSR count). The van der Waals surface area contributed by atoms with E-state index >= 15 is 0 Å². The van der Waals surface area contributed by atoms with E-state index in [9.17, 15) is 5.11 Å². The predicted molar refractivity (Wildman–Crippen MR) is 64.6 cm³/mol. The van der Waals surface area contributed by atoms with E-state index in [0.717, 1.165) is 12.1 Å². The molecule has 0 aliphatic rings. The van der Waals surface area contributed by atoms with Crippen LogP contribution >= 0.6 is 0 Å². The van der Waals surface area contributed by atoms with E-state index in [1.54, 1.807) is 19.5 Å². The molecule has 1 aromatic rings. The van der Waals surface area contributed by atoms with Crippen molar-refractivity contribution in [2.75, 3.05) is 33.5 Å². The summed E-state index contributed by atoms with van der Waals surface area (Å²) < 4.78 is 10.0. The van der Waals surface area contributed by atoms with E-state index in [1.807, 2.05) is 12.1 Å². The molecule has 0 amide bonds. The van der Waals surface area contributed by atoms with Gasteiger partial charge < -0.3 is 19.9 Å². The fraction of sp³-hybridized carbons (Fsp3) is 0.583. The van der Waals surface area contributed by atoms with Gasteiger partial charge in [-0.3, -0.25) is 4.98 Å². The lowest BCUT2D eigenvalue weighted by molar-refractivity contribution is 0.0137. The van der Waals surface area contributed by atoms with Crippen LogP contribution in [0.4, 0.5) is 0 Å². The summed E-state index contributed by atoms with van der Waals surface area (Å²) in [6.45, 7) is 2.62. The average Bonchev–Trinajstić information content (AvgIpc) is 2.36. The highest BCUT2D eigenvalue weighted by atomic mass is 16.5. The van der Waals surface area contributed by atoms with E-state index in [4.69, 9.17) is 9.47 Å². The first-order chi connectivity index (χ1) is 8.33. The summed E-state index contributed by atoms with van der Waals surface area (Å²) in [7, 11) is 1.62. The molecule has 17 heavy (non-hydrogen) atoms. The summed E-state index contributed by atoms with van der Waals surface area (Å²) in [5.74, 6) is 0. The van der Waals surface area contributed by atoms with Crippen LogP contribution in [0, 0.1) is 0 Å². The maximum atomic E-state index is 9.59. The van der Waals surface area contributed by atoms with Crippen molar-refractivity contribution in [2.24, 2.45) is 0 Å². The number of nitrogens with zero attached hydrogens (tertiary/aromatic N) is 1. The SMILES string of the molecule is COCCOCC(O)CNCc1ccncc1. The van der Waals surface area contributed by atoms with Crippen LogP contribution in [0.1, 0.15) is 5.56 Å². The fourth-order valence-corrected chi connectivity index (χ4v) is 1.30. The van der Waals surface area contributed by atoms with Crippen molar-refractivity contribution in [1.82, 2.24) is 10.3 Å². The molecule has 1 heterocycles. The Bertz CT molecular complexity index is 282. The third-order valence-corrected chi connectivity index (χ3v) is 2.20. The Morgan fingerprint density at radius 2 is 2.12 bits per heavy atom. The van der Waals surface area contributed by atoms with E-state index in [2.05, 4.69) is 10.3 Å². The first-order valence-electron chi connectivity index (χ1n) is 5.67. The molecule has 5 heteroatoms. The zero-order valence-corrected chi connectivity index (χ0v) is 10.1. The molecule has 5 nitrogen and oxygen atoms in total. The van der Waals surface area contributed by atoms with Gasteiger partial charge >= 0.3 is 0 Å². The lowest BCUT2D eigenvalue weighted by Gasteiger charge is -2.12. The normalized spacial score (nSPS) is 12.6. The summed E-state index contributed by atoms with van der Waals surface area (Å²) >= 11 is 0. The third kappa shape index (κ3) is 7.01. The summed E-state index contributed by atoms with van der Waals surface area (Å²) in [5.41, 5.74) is 1.15. The van der Waals surface area contributed by atoms with Gasteiger partial charge in [0.05, 0.1) is 25.9 Å². The topological polar surface area (TPSA) is 63.6 Å². The molecule has 1 atom stereocenters. The highest BCUT2D eigenvalue weighted by Crippen LogP contribution is 1.95. The van der Waals surface area contributed by atoms with Gasteiger partial charge in [0.25, 0.3) is 0 Å². The van der Waals surface area contributed by atoms with Gasteiger partial charge in [0.15, 0.2) is 0 Å². The Balaban J connectivity index is 2.02. The molecule has 1 unspecified atom stereocenters. The number of aliphatic hydroxyl groups is 1. The van der Waals surface area contributed by atoms with Gasteiger partial charge in [-0.25, -0.2) is 0 Å². The van der Waals surface area contributed by atoms with Crippen LogP contribution in [0.25, 0.3) is 0 Å². The second-order valence-electron chi connectivity index (χ2n) is 3.71. The molecule has 0 spiro atoms. The minimum Gasteiger partial charge on any atom is -0.389 e. The van der Waals surface area contributed by atoms with Crippen LogP contribution in [0.3, 0.4) is 0 Å². The van der Waals surface area contributed by atoms with Gasteiger partial charge in [-0.2, -0.15) is 0 Å². The number of aromatic nitrogens is 1. The summed E-state index contributed by atoms with van der Waals surface area (Å²) in [5, 5.41) is 12.7. The molecular weight excluding hydrogens is 220 g/mol. The minimum absolute atomic E-state index is 0.326. The van der Waals surface area contributed by atoms with E-state index in [0.29, 0.717) is 26.4 Å².